The van der Waals surface area contributed by atoms with Crippen molar-refractivity contribution >= 4 is 17.9 Å². The highest BCUT2D eigenvalue weighted by Gasteiger charge is 1.95. The number of methoxy groups -OCH3 is 1. The Balaban J connectivity index is 2.95. The van der Waals surface area contributed by atoms with E-state index in [1.165, 1.54) is 25.7 Å². The van der Waals surface area contributed by atoms with E-state index >= 15 is 0 Å². The Labute approximate surface area is 78.2 Å². The van der Waals surface area contributed by atoms with Gasteiger partial charge in [-0.05, 0) is 24.9 Å². The number of alkyl carbamates (subject to hydrolysis) is 1. The van der Waals surface area contributed by atoms with Crippen LogP contribution in [0.25, 0.3) is 0 Å². The van der Waals surface area contributed by atoms with Crippen LogP contribution in [-0.2, 0) is 4.74 Å². The molecule has 0 aromatic heterocycles. The van der Waals surface area contributed by atoms with Crippen molar-refractivity contribution in [2.24, 2.45) is 0 Å². The van der Waals surface area contributed by atoms with Gasteiger partial charge in [-0.2, -0.15) is 11.8 Å². The lowest BCUT2D eigenvalue weighted by molar-refractivity contribution is 0.171. The molecule has 0 radical (unpaired) electrons. The molecule has 0 aliphatic heterocycles. The number of hydrogen-bond donors (Lipinski definition) is 1. The van der Waals surface area contributed by atoms with Gasteiger partial charge >= 0.3 is 6.09 Å². The first-order chi connectivity index (χ1) is 5.81. The molecule has 1 N–H and O–H groups in total. The highest BCUT2D eigenvalue weighted by molar-refractivity contribution is 7.98. The summed E-state index contributed by atoms with van der Waals surface area (Å²) in [7, 11) is 1.38. The van der Waals surface area contributed by atoms with Crippen LogP contribution in [0, 0.1) is 0 Å². The Bertz CT molecular complexity index is 120. The van der Waals surface area contributed by atoms with Crippen molar-refractivity contribution < 1.29 is 9.53 Å². The van der Waals surface area contributed by atoms with Gasteiger partial charge in [-0.25, -0.2) is 4.79 Å². The van der Waals surface area contributed by atoms with E-state index in [0.29, 0.717) is 0 Å². The summed E-state index contributed by atoms with van der Waals surface area (Å²) in [6.07, 6.45) is 5.21. The third-order valence-corrected chi connectivity index (χ3v) is 2.18. The molecule has 0 rings (SSSR count). The van der Waals surface area contributed by atoms with Gasteiger partial charge < -0.3 is 10.1 Å². The lowest BCUT2D eigenvalue weighted by Crippen LogP contribution is -2.23. The van der Waals surface area contributed by atoms with Gasteiger partial charge in [-0.1, -0.05) is 6.42 Å². The van der Waals surface area contributed by atoms with E-state index in [-0.39, 0.29) is 6.09 Å². The molecule has 0 aromatic carbocycles. The first-order valence-corrected chi connectivity index (χ1v) is 5.51. The first-order valence-electron chi connectivity index (χ1n) is 4.12. The molecule has 72 valence electrons. The van der Waals surface area contributed by atoms with Crippen LogP contribution in [0.1, 0.15) is 19.3 Å². The summed E-state index contributed by atoms with van der Waals surface area (Å²) >= 11 is 1.86. The Morgan fingerprint density at radius 2 is 2.17 bits per heavy atom. The number of carbonyl (C=O) groups is 1. The molecule has 0 saturated heterocycles. The van der Waals surface area contributed by atoms with E-state index in [1.807, 2.05) is 11.8 Å². The van der Waals surface area contributed by atoms with Crippen molar-refractivity contribution in [3.05, 3.63) is 0 Å². The minimum Gasteiger partial charge on any atom is -0.453 e. The van der Waals surface area contributed by atoms with Gasteiger partial charge in [-0.15, -0.1) is 0 Å². The number of carbonyl (C=O) groups excluding carboxylic acids is 1. The molecule has 0 aliphatic rings. The third kappa shape index (κ3) is 7.72. The lowest BCUT2D eigenvalue weighted by atomic mass is 10.2. The van der Waals surface area contributed by atoms with Crippen molar-refractivity contribution in [1.82, 2.24) is 5.32 Å². The van der Waals surface area contributed by atoms with Crippen LogP contribution < -0.4 is 5.32 Å². The second kappa shape index (κ2) is 8.71. The number of thioether (sulfide) groups is 1. The summed E-state index contributed by atoms with van der Waals surface area (Å²) in [5.74, 6) is 1.21. The second-order valence-corrected chi connectivity index (χ2v) is 3.46. The SMILES string of the molecule is COC(=O)NCCCCCSC. The smallest absolute Gasteiger partial charge is 0.406 e. The highest BCUT2D eigenvalue weighted by atomic mass is 32.2. The van der Waals surface area contributed by atoms with Crippen molar-refractivity contribution in [3.8, 4) is 0 Å². The fourth-order valence-electron chi connectivity index (χ4n) is 0.811. The summed E-state index contributed by atoms with van der Waals surface area (Å²) in [4.78, 5) is 10.6. The summed E-state index contributed by atoms with van der Waals surface area (Å²) in [6.45, 7) is 0.723. The van der Waals surface area contributed by atoms with Gasteiger partial charge in [-0.3, -0.25) is 0 Å². The minimum atomic E-state index is -0.333. The number of amides is 1. The largest absolute Gasteiger partial charge is 0.453 e. The molecular weight excluding hydrogens is 174 g/mol. The normalized spacial score (nSPS) is 9.50. The van der Waals surface area contributed by atoms with Gasteiger partial charge in [0.1, 0.15) is 0 Å². The Morgan fingerprint density at radius 1 is 1.42 bits per heavy atom. The van der Waals surface area contributed by atoms with Crippen LogP contribution in [-0.4, -0.2) is 31.8 Å². The molecule has 1 amide bonds. The van der Waals surface area contributed by atoms with Gasteiger partial charge in [0.05, 0.1) is 7.11 Å². The standard InChI is InChI=1S/C8H17NO2S/c1-11-8(10)9-6-4-3-5-7-12-2/h3-7H2,1-2H3,(H,9,10). The van der Waals surface area contributed by atoms with Gasteiger partial charge in [0.15, 0.2) is 0 Å². The Hall–Kier alpha value is -0.380. The van der Waals surface area contributed by atoms with Crippen LogP contribution in [0.3, 0.4) is 0 Å². The predicted octanol–water partition coefficient (Wildman–Crippen LogP) is 1.88. The number of unbranched alkanes of at least 4 members (excludes halogenated alkanes) is 2. The van der Waals surface area contributed by atoms with Crippen molar-refractivity contribution in [1.29, 1.82) is 0 Å². The zero-order valence-corrected chi connectivity index (χ0v) is 8.58. The molecule has 0 bridgehead atoms. The summed E-state index contributed by atoms with van der Waals surface area (Å²) < 4.78 is 4.42. The maximum atomic E-state index is 10.6. The van der Waals surface area contributed by atoms with E-state index < -0.39 is 0 Å². The Morgan fingerprint density at radius 3 is 2.75 bits per heavy atom. The van der Waals surface area contributed by atoms with Crippen molar-refractivity contribution in [3.63, 3.8) is 0 Å². The molecular formula is C8H17NO2S. The van der Waals surface area contributed by atoms with Crippen LogP contribution in [0.15, 0.2) is 0 Å². The second-order valence-electron chi connectivity index (χ2n) is 2.47. The van der Waals surface area contributed by atoms with E-state index in [1.54, 1.807) is 0 Å². The van der Waals surface area contributed by atoms with E-state index in [9.17, 15) is 4.79 Å². The monoisotopic (exact) mass is 191 g/mol. The van der Waals surface area contributed by atoms with Gasteiger partial charge in [0.2, 0.25) is 0 Å². The molecule has 0 aromatic rings. The molecule has 0 fully saturated rings. The van der Waals surface area contributed by atoms with Gasteiger partial charge in [0, 0.05) is 6.54 Å². The topological polar surface area (TPSA) is 38.3 Å². The van der Waals surface area contributed by atoms with Crippen LogP contribution in [0.4, 0.5) is 4.79 Å². The molecule has 0 spiro atoms. The minimum absolute atomic E-state index is 0.333. The van der Waals surface area contributed by atoms with Gasteiger partial charge in [0.25, 0.3) is 0 Å². The van der Waals surface area contributed by atoms with E-state index in [0.717, 1.165) is 13.0 Å². The molecule has 3 nitrogen and oxygen atoms in total. The Kier molecular flexibility index (Phi) is 8.44. The third-order valence-electron chi connectivity index (χ3n) is 1.48. The highest BCUT2D eigenvalue weighted by Crippen LogP contribution is 2.01. The number of nitrogens with one attached hydrogen (secondary N) is 1. The van der Waals surface area contributed by atoms with Crippen molar-refractivity contribution in [2.75, 3.05) is 25.7 Å². The summed E-state index contributed by atoms with van der Waals surface area (Å²) in [5.41, 5.74) is 0. The fraction of sp³-hybridized carbons (Fsp3) is 0.875. The average Bonchev–Trinajstić information content (AvgIpc) is 2.10. The lowest BCUT2D eigenvalue weighted by Gasteiger charge is -2.02. The number of rotatable bonds is 6. The maximum absolute atomic E-state index is 10.6. The molecule has 0 unspecified atom stereocenters. The van der Waals surface area contributed by atoms with E-state index in [2.05, 4.69) is 16.3 Å². The molecule has 0 saturated carbocycles. The maximum Gasteiger partial charge on any atom is 0.406 e. The van der Waals surface area contributed by atoms with Crippen LogP contribution in [0.5, 0.6) is 0 Å². The molecule has 12 heavy (non-hydrogen) atoms. The zero-order chi connectivity index (χ0) is 9.23. The summed E-state index contributed by atoms with van der Waals surface area (Å²) in [6, 6.07) is 0. The molecule has 0 aliphatic carbocycles. The first kappa shape index (κ1) is 11.6. The van der Waals surface area contributed by atoms with E-state index in [4.69, 9.17) is 0 Å². The average molecular weight is 191 g/mol. The van der Waals surface area contributed by atoms with Crippen molar-refractivity contribution in [2.45, 2.75) is 19.3 Å². The quantitative estimate of drug-likeness (QED) is 0.651. The fourth-order valence-corrected chi connectivity index (χ4v) is 1.30. The molecule has 0 atom stereocenters. The number of hydrogen-bond acceptors (Lipinski definition) is 3. The predicted molar refractivity (Wildman–Crippen MR) is 52.6 cm³/mol. The molecule has 0 heterocycles. The molecule has 4 heteroatoms. The summed E-state index contributed by atoms with van der Waals surface area (Å²) in [5, 5.41) is 2.64. The zero-order valence-electron chi connectivity index (χ0n) is 7.76. The van der Waals surface area contributed by atoms with Crippen LogP contribution in [0.2, 0.25) is 0 Å². The van der Waals surface area contributed by atoms with Crippen LogP contribution >= 0.6 is 11.8 Å². The number of ether oxygens (including phenoxy) is 1.